The maximum atomic E-state index is 12.3. The van der Waals surface area contributed by atoms with Gasteiger partial charge in [-0.05, 0) is 57.2 Å². The van der Waals surface area contributed by atoms with Gasteiger partial charge in [0, 0.05) is 75.4 Å². The molecule has 5 rings (SSSR count). The summed E-state index contributed by atoms with van der Waals surface area (Å²) < 4.78 is 1.54. The van der Waals surface area contributed by atoms with Gasteiger partial charge in [-0.3, -0.25) is 14.7 Å². The first kappa shape index (κ1) is 24.8. The van der Waals surface area contributed by atoms with Crippen LogP contribution < -0.4 is 21.0 Å². The number of H-pyrrole nitrogens is 2. The zero-order valence-electron chi connectivity index (χ0n) is 21.8. The molecule has 1 fully saturated rings. The largest absolute Gasteiger partial charge is 0.372 e. The third kappa shape index (κ3) is 5.04. The average Bonchev–Trinajstić information content (AvgIpc) is 3.36. The molecule has 37 heavy (non-hydrogen) atoms. The van der Waals surface area contributed by atoms with E-state index in [1.54, 1.807) is 10.8 Å². The third-order valence-corrected chi connectivity index (χ3v) is 7.29. The van der Waals surface area contributed by atoms with E-state index in [0.717, 1.165) is 67.4 Å². The highest BCUT2D eigenvalue weighted by Crippen LogP contribution is 2.30. The summed E-state index contributed by atoms with van der Waals surface area (Å²) in [6.45, 7) is 12.6. The Labute approximate surface area is 216 Å². The van der Waals surface area contributed by atoms with Crippen LogP contribution in [0.3, 0.4) is 0 Å². The van der Waals surface area contributed by atoms with Crippen LogP contribution in [-0.4, -0.2) is 63.7 Å². The number of hydrogen-bond acceptors (Lipinski definition) is 6. The SMILES string of the molecule is CCN(CC)c1ccc(-c2nc3c(N4CCN(Cc5cn(CC)c(=O)[nH]c5=O)CC4)cccc3[nH]2)cc1. The van der Waals surface area contributed by atoms with Crippen molar-refractivity contribution < 1.29 is 0 Å². The number of aryl methyl sites for hydroxylation is 1. The van der Waals surface area contributed by atoms with E-state index in [0.29, 0.717) is 18.7 Å². The first-order valence-corrected chi connectivity index (χ1v) is 13.1. The lowest BCUT2D eigenvalue weighted by atomic mass is 10.2. The molecule has 2 aromatic heterocycles. The predicted molar refractivity (Wildman–Crippen MR) is 150 cm³/mol. The number of hydrogen-bond donors (Lipinski definition) is 2. The number of nitrogens with zero attached hydrogens (tertiary/aromatic N) is 5. The Morgan fingerprint density at radius 2 is 1.65 bits per heavy atom. The van der Waals surface area contributed by atoms with Crippen LogP contribution in [0.15, 0.2) is 58.3 Å². The zero-order valence-corrected chi connectivity index (χ0v) is 21.8. The molecule has 9 heteroatoms. The highest BCUT2D eigenvalue weighted by molar-refractivity contribution is 5.91. The van der Waals surface area contributed by atoms with Crippen LogP contribution >= 0.6 is 0 Å². The van der Waals surface area contributed by atoms with Crippen molar-refractivity contribution in [1.82, 2.24) is 24.4 Å². The molecular weight excluding hydrogens is 466 g/mol. The van der Waals surface area contributed by atoms with E-state index < -0.39 is 0 Å². The predicted octanol–water partition coefficient (Wildman–Crippen LogP) is 3.27. The van der Waals surface area contributed by atoms with Gasteiger partial charge < -0.3 is 19.4 Å². The van der Waals surface area contributed by atoms with Crippen molar-refractivity contribution in [3.05, 3.63) is 75.1 Å². The molecule has 0 unspecified atom stereocenters. The van der Waals surface area contributed by atoms with E-state index in [2.05, 4.69) is 81.0 Å². The van der Waals surface area contributed by atoms with Crippen LogP contribution in [0, 0.1) is 0 Å². The monoisotopic (exact) mass is 501 g/mol. The molecule has 0 amide bonds. The summed E-state index contributed by atoms with van der Waals surface area (Å²) >= 11 is 0. The maximum Gasteiger partial charge on any atom is 0.328 e. The Hall–Kier alpha value is -3.85. The molecule has 0 spiro atoms. The molecule has 2 N–H and O–H groups in total. The maximum absolute atomic E-state index is 12.3. The highest BCUT2D eigenvalue weighted by atomic mass is 16.2. The van der Waals surface area contributed by atoms with Gasteiger partial charge in [-0.1, -0.05) is 6.07 Å². The van der Waals surface area contributed by atoms with Crippen molar-refractivity contribution in [2.24, 2.45) is 0 Å². The number of rotatable bonds is 8. The second-order valence-corrected chi connectivity index (χ2v) is 9.44. The third-order valence-electron chi connectivity index (χ3n) is 7.29. The molecule has 0 aliphatic carbocycles. The molecule has 0 radical (unpaired) electrons. The lowest BCUT2D eigenvalue weighted by molar-refractivity contribution is 0.248. The fraction of sp³-hybridized carbons (Fsp3) is 0.393. The standard InChI is InChI=1S/C28H35N7O2/c1-4-33(5-2)22-12-10-20(11-13-22)26-29-23-8-7-9-24(25(23)30-26)35-16-14-32(15-17-35)18-21-19-34(6-3)28(37)31-27(21)36/h7-13,19H,4-6,14-18H2,1-3H3,(H,29,30)(H,31,36,37). The van der Waals surface area contributed by atoms with Gasteiger partial charge in [0.25, 0.3) is 5.56 Å². The lowest BCUT2D eigenvalue weighted by Crippen LogP contribution is -2.47. The Morgan fingerprint density at radius 1 is 0.919 bits per heavy atom. The van der Waals surface area contributed by atoms with Crippen LogP contribution in [0.4, 0.5) is 11.4 Å². The number of nitrogens with one attached hydrogen (secondary N) is 2. The average molecular weight is 502 g/mol. The molecular formula is C28H35N7O2. The molecule has 194 valence electrons. The van der Waals surface area contributed by atoms with Gasteiger partial charge in [-0.2, -0.15) is 0 Å². The topological polar surface area (TPSA) is 93.3 Å². The minimum Gasteiger partial charge on any atom is -0.372 e. The number of fused-ring (bicyclic) bond motifs is 1. The van der Waals surface area contributed by atoms with E-state index in [1.165, 1.54) is 5.69 Å². The first-order valence-electron chi connectivity index (χ1n) is 13.1. The fourth-order valence-corrected chi connectivity index (χ4v) is 5.12. The van der Waals surface area contributed by atoms with E-state index in [1.807, 2.05) is 6.92 Å². The normalized spacial score (nSPS) is 14.4. The number of imidazole rings is 1. The smallest absolute Gasteiger partial charge is 0.328 e. The number of aromatic amines is 2. The van der Waals surface area contributed by atoms with Crippen LogP contribution in [0.5, 0.6) is 0 Å². The summed E-state index contributed by atoms with van der Waals surface area (Å²) in [5.74, 6) is 0.873. The second-order valence-electron chi connectivity index (χ2n) is 9.44. The van der Waals surface area contributed by atoms with Gasteiger partial charge in [-0.15, -0.1) is 0 Å². The number of piperazine rings is 1. The molecule has 3 heterocycles. The summed E-state index contributed by atoms with van der Waals surface area (Å²) in [5.41, 5.74) is 5.39. The Balaban J connectivity index is 1.31. The molecule has 0 bridgehead atoms. The van der Waals surface area contributed by atoms with Crippen LogP contribution in [-0.2, 0) is 13.1 Å². The van der Waals surface area contributed by atoms with Crippen molar-refractivity contribution in [2.75, 3.05) is 49.1 Å². The lowest BCUT2D eigenvalue weighted by Gasteiger charge is -2.36. The number of aromatic nitrogens is 4. The Kier molecular flexibility index (Phi) is 7.14. The molecule has 2 aromatic carbocycles. The van der Waals surface area contributed by atoms with Crippen molar-refractivity contribution >= 4 is 22.4 Å². The summed E-state index contributed by atoms with van der Waals surface area (Å²) in [7, 11) is 0. The molecule has 1 aliphatic rings. The molecule has 9 nitrogen and oxygen atoms in total. The van der Waals surface area contributed by atoms with E-state index in [9.17, 15) is 9.59 Å². The molecule has 1 aliphatic heterocycles. The highest BCUT2D eigenvalue weighted by Gasteiger charge is 2.21. The zero-order chi connectivity index (χ0) is 25.9. The summed E-state index contributed by atoms with van der Waals surface area (Å²) in [6, 6.07) is 14.9. The van der Waals surface area contributed by atoms with Gasteiger partial charge in [0.05, 0.1) is 11.2 Å². The van der Waals surface area contributed by atoms with Crippen LogP contribution in [0.2, 0.25) is 0 Å². The van der Waals surface area contributed by atoms with Crippen molar-refractivity contribution in [1.29, 1.82) is 0 Å². The Bertz CT molecular complexity index is 1470. The first-order chi connectivity index (χ1) is 18.0. The quantitative estimate of drug-likeness (QED) is 0.385. The number of anilines is 2. The van der Waals surface area contributed by atoms with Gasteiger partial charge in [-0.25, -0.2) is 9.78 Å². The molecule has 0 atom stereocenters. The summed E-state index contributed by atoms with van der Waals surface area (Å²) in [4.78, 5) is 42.0. The van der Waals surface area contributed by atoms with E-state index >= 15 is 0 Å². The fourth-order valence-electron chi connectivity index (χ4n) is 5.12. The van der Waals surface area contributed by atoms with Crippen molar-refractivity contribution in [3.8, 4) is 11.4 Å². The van der Waals surface area contributed by atoms with E-state index in [4.69, 9.17) is 4.98 Å². The van der Waals surface area contributed by atoms with Gasteiger partial charge in [0.1, 0.15) is 11.3 Å². The van der Waals surface area contributed by atoms with Gasteiger partial charge >= 0.3 is 5.69 Å². The van der Waals surface area contributed by atoms with Gasteiger partial charge in [0.2, 0.25) is 0 Å². The minimum absolute atomic E-state index is 0.295. The molecule has 1 saturated heterocycles. The summed E-state index contributed by atoms with van der Waals surface area (Å²) in [5, 5.41) is 0. The van der Waals surface area contributed by atoms with Crippen molar-refractivity contribution in [3.63, 3.8) is 0 Å². The van der Waals surface area contributed by atoms with Crippen molar-refractivity contribution in [2.45, 2.75) is 33.9 Å². The minimum atomic E-state index is -0.354. The number of benzene rings is 2. The van der Waals surface area contributed by atoms with Crippen LogP contribution in [0.1, 0.15) is 26.3 Å². The van der Waals surface area contributed by atoms with E-state index in [-0.39, 0.29) is 11.2 Å². The Morgan fingerprint density at radius 3 is 2.32 bits per heavy atom. The second kappa shape index (κ2) is 10.6. The van der Waals surface area contributed by atoms with Crippen LogP contribution in [0.25, 0.3) is 22.4 Å². The van der Waals surface area contributed by atoms with Gasteiger partial charge in [0.15, 0.2) is 0 Å². The number of para-hydroxylation sites is 1. The summed E-state index contributed by atoms with van der Waals surface area (Å²) in [6.07, 6.45) is 1.69. The molecule has 4 aromatic rings. The molecule has 0 saturated carbocycles.